The van der Waals surface area contributed by atoms with E-state index in [0.717, 1.165) is 31.5 Å². The molecule has 1 aliphatic rings. The van der Waals surface area contributed by atoms with Crippen LogP contribution in [0.2, 0.25) is 10.0 Å². The fraction of sp³-hybridized carbons (Fsp3) is 0.200. The van der Waals surface area contributed by atoms with Crippen LogP contribution in [-0.4, -0.2) is 33.7 Å². The third-order valence-corrected chi connectivity index (χ3v) is 5.35. The van der Waals surface area contributed by atoms with Crippen molar-refractivity contribution in [3.05, 3.63) is 70.1 Å². The average Bonchev–Trinajstić information content (AvgIpc) is 3.34. The van der Waals surface area contributed by atoms with Crippen LogP contribution in [0.1, 0.15) is 23.3 Å². The monoisotopic (exact) mass is 403 g/mol. The minimum absolute atomic E-state index is 0.0839. The molecule has 1 fully saturated rings. The van der Waals surface area contributed by atoms with Gasteiger partial charge in [0.25, 0.3) is 5.91 Å². The van der Waals surface area contributed by atoms with Crippen molar-refractivity contribution >= 4 is 29.1 Å². The van der Waals surface area contributed by atoms with Gasteiger partial charge in [-0.2, -0.15) is 5.10 Å². The Morgan fingerprint density at radius 3 is 2.33 bits per heavy atom. The summed E-state index contributed by atoms with van der Waals surface area (Å²) in [6.07, 6.45) is 1.99. The Hall–Kier alpha value is -2.37. The van der Waals surface area contributed by atoms with Crippen LogP contribution in [0, 0.1) is 5.82 Å². The molecule has 1 saturated heterocycles. The molecule has 3 aromatic rings. The quantitative estimate of drug-likeness (QED) is 0.600. The molecule has 138 valence electrons. The summed E-state index contributed by atoms with van der Waals surface area (Å²) in [6.45, 7) is 1.47. The van der Waals surface area contributed by atoms with Gasteiger partial charge < -0.3 is 4.90 Å². The molecule has 0 radical (unpaired) electrons. The Labute approximate surface area is 166 Å². The molecule has 0 bridgehead atoms. The Balaban J connectivity index is 1.82. The van der Waals surface area contributed by atoms with E-state index in [-0.39, 0.29) is 11.7 Å². The lowest BCUT2D eigenvalue weighted by Crippen LogP contribution is -2.29. The van der Waals surface area contributed by atoms with Gasteiger partial charge in [-0.1, -0.05) is 23.2 Å². The van der Waals surface area contributed by atoms with Crippen molar-refractivity contribution < 1.29 is 9.18 Å². The second kappa shape index (κ2) is 7.33. The first kappa shape index (κ1) is 18.0. The molecular formula is C20H16Cl2FN3O. The summed E-state index contributed by atoms with van der Waals surface area (Å²) in [5, 5.41) is 5.40. The molecule has 0 N–H and O–H groups in total. The summed E-state index contributed by atoms with van der Waals surface area (Å²) in [4.78, 5) is 14.9. The molecule has 2 heterocycles. The maximum Gasteiger partial charge on any atom is 0.272 e. The van der Waals surface area contributed by atoms with E-state index in [9.17, 15) is 9.18 Å². The maximum absolute atomic E-state index is 13.3. The summed E-state index contributed by atoms with van der Waals surface area (Å²) in [5.74, 6) is -0.407. The SMILES string of the molecule is O=C(c1cc(-c2ccc(F)cc2)nn1-c1ccc(Cl)c(Cl)c1)N1CCCC1. The molecule has 7 heteroatoms. The highest BCUT2D eigenvalue weighted by atomic mass is 35.5. The van der Waals surface area contributed by atoms with Crippen LogP contribution >= 0.6 is 23.2 Å². The Morgan fingerprint density at radius 1 is 0.963 bits per heavy atom. The molecule has 1 amide bonds. The first-order valence-corrected chi connectivity index (χ1v) is 9.39. The van der Waals surface area contributed by atoms with Crippen LogP contribution in [-0.2, 0) is 0 Å². The Morgan fingerprint density at radius 2 is 1.67 bits per heavy atom. The number of aromatic nitrogens is 2. The van der Waals surface area contributed by atoms with Crippen LogP contribution in [0.3, 0.4) is 0 Å². The van der Waals surface area contributed by atoms with Crippen molar-refractivity contribution in [2.24, 2.45) is 0 Å². The molecule has 0 atom stereocenters. The van der Waals surface area contributed by atoms with Gasteiger partial charge in [0.05, 0.1) is 21.4 Å². The second-order valence-corrected chi connectivity index (χ2v) is 7.25. The van der Waals surface area contributed by atoms with Crippen molar-refractivity contribution in [2.45, 2.75) is 12.8 Å². The number of nitrogens with zero attached hydrogens (tertiary/aromatic N) is 3. The number of amides is 1. The Kier molecular flexibility index (Phi) is 4.89. The van der Waals surface area contributed by atoms with Crippen molar-refractivity contribution in [3.63, 3.8) is 0 Å². The highest BCUT2D eigenvalue weighted by molar-refractivity contribution is 6.42. The fourth-order valence-electron chi connectivity index (χ4n) is 3.19. The molecule has 0 unspecified atom stereocenters. The lowest BCUT2D eigenvalue weighted by atomic mass is 10.1. The molecule has 4 nitrogen and oxygen atoms in total. The predicted octanol–water partition coefficient (Wildman–Crippen LogP) is 5.22. The topological polar surface area (TPSA) is 38.1 Å². The van der Waals surface area contributed by atoms with Gasteiger partial charge in [-0.3, -0.25) is 4.79 Å². The zero-order chi connectivity index (χ0) is 19.0. The molecular weight excluding hydrogens is 388 g/mol. The van der Waals surface area contributed by atoms with Gasteiger partial charge in [0.15, 0.2) is 0 Å². The molecule has 0 aliphatic carbocycles. The predicted molar refractivity (Wildman–Crippen MR) is 104 cm³/mol. The fourth-order valence-corrected chi connectivity index (χ4v) is 3.48. The number of rotatable bonds is 3. The van der Waals surface area contributed by atoms with Gasteiger partial charge in [-0.15, -0.1) is 0 Å². The van der Waals surface area contributed by atoms with Crippen molar-refractivity contribution in [1.29, 1.82) is 0 Å². The van der Waals surface area contributed by atoms with E-state index >= 15 is 0 Å². The standard InChI is InChI=1S/C20H16Cl2FN3O/c21-16-8-7-15(11-17(16)22)26-19(20(27)25-9-1-2-10-25)12-18(24-26)13-3-5-14(23)6-4-13/h3-8,11-12H,1-2,9-10H2. The summed E-state index contributed by atoms with van der Waals surface area (Å²) in [5.41, 5.74) is 2.39. The van der Waals surface area contributed by atoms with E-state index in [2.05, 4.69) is 5.10 Å². The van der Waals surface area contributed by atoms with Gasteiger partial charge in [0.1, 0.15) is 11.5 Å². The normalized spacial score (nSPS) is 14.0. The third-order valence-electron chi connectivity index (χ3n) is 4.61. The first-order valence-electron chi connectivity index (χ1n) is 8.63. The van der Waals surface area contributed by atoms with Gasteiger partial charge in [-0.25, -0.2) is 9.07 Å². The van der Waals surface area contributed by atoms with Crippen molar-refractivity contribution in [1.82, 2.24) is 14.7 Å². The van der Waals surface area contributed by atoms with Crippen LogP contribution in [0.4, 0.5) is 4.39 Å². The van der Waals surface area contributed by atoms with Crippen LogP contribution in [0.5, 0.6) is 0 Å². The van der Waals surface area contributed by atoms with E-state index < -0.39 is 0 Å². The van der Waals surface area contributed by atoms with E-state index in [1.807, 2.05) is 4.90 Å². The number of benzene rings is 2. The highest BCUT2D eigenvalue weighted by Gasteiger charge is 2.25. The number of carbonyl (C=O) groups is 1. The van der Waals surface area contributed by atoms with Gasteiger partial charge in [-0.05, 0) is 61.4 Å². The van der Waals surface area contributed by atoms with Gasteiger partial charge in [0, 0.05) is 18.7 Å². The molecule has 1 aromatic heterocycles. The van der Waals surface area contributed by atoms with Gasteiger partial charge >= 0.3 is 0 Å². The van der Waals surface area contributed by atoms with Gasteiger partial charge in [0.2, 0.25) is 0 Å². The number of hydrogen-bond acceptors (Lipinski definition) is 2. The van der Waals surface area contributed by atoms with Crippen LogP contribution in [0.15, 0.2) is 48.5 Å². The smallest absolute Gasteiger partial charge is 0.272 e. The lowest BCUT2D eigenvalue weighted by Gasteiger charge is -2.16. The number of likely N-dealkylation sites (tertiary alicyclic amines) is 1. The molecule has 2 aromatic carbocycles. The number of halogens is 3. The van der Waals surface area contributed by atoms with Crippen molar-refractivity contribution in [3.8, 4) is 16.9 Å². The van der Waals surface area contributed by atoms with E-state index in [1.165, 1.54) is 12.1 Å². The molecule has 0 spiro atoms. The summed E-state index contributed by atoms with van der Waals surface area (Å²) < 4.78 is 14.8. The molecule has 27 heavy (non-hydrogen) atoms. The zero-order valence-corrected chi connectivity index (χ0v) is 15.8. The minimum atomic E-state index is -0.323. The third kappa shape index (κ3) is 3.57. The molecule has 4 rings (SSSR count). The summed E-state index contributed by atoms with van der Waals surface area (Å²) in [7, 11) is 0. The minimum Gasteiger partial charge on any atom is -0.337 e. The van der Waals surface area contributed by atoms with Crippen LogP contribution in [0.25, 0.3) is 16.9 Å². The second-order valence-electron chi connectivity index (χ2n) is 6.43. The maximum atomic E-state index is 13.3. The average molecular weight is 404 g/mol. The van der Waals surface area contributed by atoms with Crippen LogP contribution < -0.4 is 0 Å². The first-order chi connectivity index (χ1) is 13.0. The van der Waals surface area contributed by atoms with E-state index in [4.69, 9.17) is 23.2 Å². The molecule has 0 saturated carbocycles. The van der Waals surface area contributed by atoms with Crippen molar-refractivity contribution in [2.75, 3.05) is 13.1 Å². The molecule has 1 aliphatic heterocycles. The number of carbonyl (C=O) groups excluding carboxylic acids is 1. The Bertz CT molecular complexity index is 995. The lowest BCUT2D eigenvalue weighted by molar-refractivity contribution is 0.0784. The largest absolute Gasteiger partial charge is 0.337 e. The summed E-state index contributed by atoms with van der Waals surface area (Å²) >= 11 is 12.2. The number of hydrogen-bond donors (Lipinski definition) is 0. The zero-order valence-electron chi connectivity index (χ0n) is 14.3. The van der Waals surface area contributed by atoms with E-state index in [0.29, 0.717) is 27.1 Å². The van der Waals surface area contributed by atoms with E-state index in [1.54, 1.807) is 41.1 Å². The highest BCUT2D eigenvalue weighted by Crippen LogP contribution is 2.28. The summed E-state index contributed by atoms with van der Waals surface area (Å²) in [6, 6.07) is 12.9.